The molecule has 0 amide bonds. The second-order valence-corrected chi connectivity index (χ2v) is 7.61. The van der Waals surface area contributed by atoms with Gasteiger partial charge in [-0.05, 0) is 43.0 Å². The number of likely N-dealkylation sites (tertiary alicyclic amines) is 1. The van der Waals surface area contributed by atoms with Gasteiger partial charge in [0.15, 0.2) is 5.96 Å². The van der Waals surface area contributed by atoms with Crippen LogP contribution in [0.2, 0.25) is 0 Å². The Kier molecular flexibility index (Phi) is 5.72. The fourth-order valence-corrected chi connectivity index (χ4v) is 4.27. The van der Waals surface area contributed by atoms with Gasteiger partial charge in [-0.2, -0.15) is 5.10 Å². The highest BCUT2D eigenvalue weighted by atomic mass is 15.3. The second-order valence-electron chi connectivity index (χ2n) is 7.61. The minimum absolute atomic E-state index is 0.499. The Morgan fingerprint density at radius 2 is 2.00 bits per heavy atom. The van der Waals surface area contributed by atoms with Crippen molar-refractivity contribution in [2.24, 2.45) is 4.99 Å². The van der Waals surface area contributed by atoms with Crippen LogP contribution in [0.15, 0.2) is 47.7 Å². The zero-order chi connectivity index (χ0) is 18.5. The van der Waals surface area contributed by atoms with E-state index in [9.17, 15) is 0 Å². The lowest BCUT2D eigenvalue weighted by atomic mass is 10.2. The predicted octanol–water partition coefficient (Wildman–Crippen LogP) is 2.55. The molecule has 2 fully saturated rings. The summed E-state index contributed by atoms with van der Waals surface area (Å²) in [6.45, 7) is 3.12. The van der Waals surface area contributed by atoms with Crippen molar-refractivity contribution in [3.63, 3.8) is 0 Å². The number of nitrogens with zero attached hydrogens (tertiary/aromatic N) is 4. The van der Waals surface area contributed by atoms with E-state index in [0.717, 1.165) is 30.8 Å². The van der Waals surface area contributed by atoms with Gasteiger partial charge in [0.25, 0.3) is 0 Å². The minimum Gasteiger partial charge on any atom is -0.352 e. The van der Waals surface area contributed by atoms with Gasteiger partial charge < -0.3 is 10.6 Å². The van der Waals surface area contributed by atoms with Crippen LogP contribution in [0.25, 0.3) is 5.69 Å². The van der Waals surface area contributed by atoms with Crippen molar-refractivity contribution in [2.45, 2.75) is 50.7 Å². The van der Waals surface area contributed by atoms with Crippen LogP contribution in [-0.4, -0.2) is 52.9 Å². The Morgan fingerprint density at radius 3 is 2.70 bits per heavy atom. The van der Waals surface area contributed by atoms with Gasteiger partial charge in [0.2, 0.25) is 0 Å². The second kappa shape index (κ2) is 8.57. The number of aliphatic imine (C=N–C) groups is 1. The molecule has 0 spiro atoms. The summed E-state index contributed by atoms with van der Waals surface area (Å²) in [5, 5.41) is 11.3. The highest BCUT2D eigenvalue weighted by molar-refractivity contribution is 5.80. The molecule has 0 radical (unpaired) electrons. The first kappa shape index (κ1) is 18.0. The van der Waals surface area contributed by atoms with Crippen LogP contribution in [0, 0.1) is 0 Å². The van der Waals surface area contributed by atoms with Crippen LogP contribution in [0.5, 0.6) is 0 Å². The third kappa shape index (κ3) is 4.50. The van der Waals surface area contributed by atoms with Crippen molar-refractivity contribution < 1.29 is 0 Å². The van der Waals surface area contributed by atoms with E-state index < -0.39 is 0 Å². The molecule has 1 unspecified atom stereocenters. The third-order valence-corrected chi connectivity index (χ3v) is 5.79. The average molecular weight is 367 g/mol. The standard InChI is InChI=1S/C21H30N6/c1-22-21(25-18-11-14-26(16-18)19-5-2-3-6-19)23-15-17-7-9-20(10-8-17)27-13-4-12-24-27/h4,7-10,12-13,18-19H,2-3,5-6,11,14-16H2,1H3,(H2,22,23,25). The highest BCUT2D eigenvalue weighted by Gasteiger charge is 2.30. The van der Waals surface area contributed by atoms with Crippen molar-refractivity contribution in [3.05, 3.63) is 48.3 Å². The molecule has 27 heavy (non-hydrogen) atoms. The Labute approximate surface area is 161 Å². The molecule has 1 saturated carbocycles. The van der Waals surface area contributed by atoms with Crippen LogP contribution in [0.1, 0.15) is 37.7 Å². The normalized spacial score (nSPS) is 21.7. The van der Waals surface area contributed by atoms with E-state index in [-0.39, 0.29) is 0 Å². The van der Waals surface area contributed by atoms with Crippen molar-refractivity contribution in [1.82, 2.24) is 25.3 Å². The lowest BCUT2D eigenvalue weighted by molar-refractivity contribution is 0.242. The van der Waals surface area contributed by atoms with Gasteiger partial charge in [0.05, 0.1) is 5.69 Å². The number of rotatable bonds is 5. The summed E-state index contributed by atoms with van der Waals surface area (Å²) in [7, 11) is 1.85. The zero-order valence-electron chi connectivity index (χ0n) is 16.1. The summed E-state index contributed by atoms with van der Waals surface area (Å²) < 4.78 is 1.87. The lowest BCUT2D eigenvalue weighted by Crippen LogP contribution is -2.45. The first-order valence-electron chi connectivity index (χ1n) is 10.1. The SMILES string of the molecule is CN=C(NCc1ccc(-n2cccn2)cc1)NC1CCN(C2CCCC2)C1. The van der Waals surface area contributed by atoms with E-state index in [1.54, 1.807) is 6.20 Å². The Morgan fingerprint density at radius 1 is 1.19 bits per heavy atom. The first-order chi connectivity index (χ1) is 13.3. The van der Waals surface area contributed by atoms with Crippen molar-refractivity contribution in [2.75, 3.05) is 20.1 Å². The zero-order valence-corrected chi connectivity index (χ0v) is 16.1. The first-order valence-corrected chi connectivity index (χ1v) is 10.1. The van der Waals surface area contributed by atoms with Crippen LogP contribution >= 0.6 is 0 Å². The van der Waals surface area contributed by atoms with Gasteiger partial charge in [0.1, 0.15) is 0 Å². The summed E-state index contributed by atoms with van der Waals surface area (Å²) >= 11 is 0. The van der Waals surface area contributed by atoms with Crippen molar-refractivity contribution in [3.8, 4) is 5.69 Å². The largest absolute Gasteiger partial charge is 0.352 e. The number of hydrogen-bond donors (Lipinski definition) is 2. The van der Waals surface area contributed by atoms with Crippen LogP contribution < -0.4 is 10.6 Å². The molecule has 0 bridgehead atoms. The molecule has 2 heterocycles. The molecule has 4 rings (SSSR count). The van der Waals surface area contributed by atoms with E-state index in [1.165, 1.54) is 44.2 Å². The maximum Gasteiger partial charge on any atom is 0.191 e. The Balaban J connectivity index is 1.26. The van der Waals surface area contributed by atoms with E-state index >= 15 is 0 Å². The number of aromatic nitrogens is 2. The van der Waals surface area contributed by atoms with Gasteiger partial charge in [-0.1, -0.05) is 25.0 Å². The summed E-state index contributed by atoms with van der Waals surface area (Å²) in [4.78, 5) is 7.08. The van der Waals surface area contributed by atoms with E-state index in [1.807, 2.05) is 24.0 Å². The molecule has 2 aliphatic rings. The Hall–Kier alpha value is -2.34. The van der Waals surface area contributed by atoms with Crippen molar-refractivity contribution in [1.29, 1.82) is 0 Å². The summed E-state index contributed by atoms with van der Waals surface area (Å²) in [5.41, 5.74) is 2.30. The van der Waals surface area contributed by atoms with Crippen LogP contribution in [0.3, 0.4) is 0 Å². The summed E-state index contributed by atoms with van der Waals surface area (Å²) in [5.74, 6) is 0.893. The minimum atomic E-state index is 0.499. The average Bonchev–Trinajstić information content (AvgIpc) is 3.47. The van der Waals surface area contributed by atoms with E-state index in [4.69, 9.17) is 0 Å². The van der Waals surface area contributed by atoms with Gasteiger partial charge >= 0.3 is 0 Å². The quantitative estimate of drug-likeness (QED) is 0.631. The smallest absolute Gasteiger partial charge is 0.191 e. The van der Waals surface area contributed by atoms with Gasteiger partial charge in [0, 0.05) is 51.2 Å². The number of hydrogen-bond acceptors (Lipinski definition) is 3. The maximum atomic E-state index is 4.41. The maximum absolute atomic E-state index is 4.41. The number of benzene rings is 1. The number of nitrogens with one attached hydrogen (secondary N) is 2. The number of guanidine groups is 1. The molecule has 1 saturated heterocycles. The third-order valence-electron chi connectivity index (χ3n) is 5.79. The topological polar surface area (TPSA) is 57.5 Å². The molecule has 1 aliphatic heterocycles. The van der Waals surface area contributed by atoms with Crippen LogP contribution in [-0.2, 0) is 6.54 Å². The van der Waals surface area contributed by atoms with Crippen LogP contribution in [0.4, 0.5) is 0 Å². The molecule has 1 aliphatic carbocycles. The monoisotopic (exact) mass is 366 g/mol. The molecule has 1 aromatic heterocycles. The van der Waals surface area contributed by atoms with Gasteiger partial charge in [-0.25, -0.2) is 4.68 Å². The molecule has 6 heteroatoms. The van der Waals surface area contributed by atoms with E-state index in [2.05, 4.69) is 49.9 Å². The molecule has 2 N–H and O–H groups in total. The fourth-order valence-electron chi connectivity index (χ4n) is 4.27. The summed E-state index contributed by atoms with van der Waals surface area (Å²) in [6.07, 6.45) is 10.5. The lowest BCUT2D eigenvalue weighted by Gasteiger charge is -2.24. The highest BCUT2D eigenvalue weighted by Crippen LogP contribution is 2.26. The molecule has 2 aromatic rings. The Bertz CT molecular complexity index is 731. The molecule has 1 atom stereocenters. The molecule has 1 aromatic carbocycles. The van der Waals surface area contributed by atoms with Gasteiger partial charge in [-0.15, -0.1) is 0 Å². The predicted molar refractivity (Wildman–Crippen MR) is 109 cm³/mol. The molecule has 144 valence electrons. The molecular formula is C21H30N6. The van der Waals surface area contributed by atoms with Gasteiger partial charge in [-0.3, -0.25) is 9.89 Å². The molecule has 6 nitrogen and oxygen atoms in total. The fraction of sp³-hybridized carbons (Fsp3) is 0.524. The molecular weight excluding hydrogens is 336 g/mol. The van der Waals surface area contributed by atoms with E-state index in [0.29, 0.717) is 6.04 Å². The summed E-state index contributed by atoms with van der Waals surface area (Å²) in [6, 6.07) is 11.7. The van der Waals surface area contributed by atoms with Crippen molar-refractivity contribution >= 4 is 5.96 Å².